The third-order valence-corrected chi connectivity index (χ3v) is 2.88. The summed E-state index contributed by atoms with van der Waals surface area (Å²) in [5.74, 6) is 0. The Balaban J connectivity index is 2.27. The molecule has 2 nitrogen and oxygen atoms in total. The Labute approximate surface area is 83.9 Å². The zero-order chi connectivity index (χ0) is 10.0. The molecule has 2 heteroatoms. The van der Waals surface area contributed by atoms with Crippen LogP contribution in [-0.2, 0) is 21.4 Å². The maximum absolute atomic E-state index is 11.0. The minimum Gasteiger partial charge on any atom is -0.379 e. The molecule has 1 heterocycles. The maximum Gasteiger partial charge on any atom is 0.135 e. The van der Waals surface area contributed by atoms with E-state index in [1.54, 1.807) is 0 Å². The van der Waals surface area contributed by atoms with Crippen molar-refractivity contribution in [3.8, 4) is 0 Å². The van der Waals surface area contributed by atoms with Gasteiger partial charge in [-0.3, -0.25) is 0 Å². The zero-order valence-electron chi connectivity index (χ0n) is 8.32. The summed E-state index contributed by atoms with van der Waals surface area (Å²) in [6.07, 6.45) is 2.04. The van der Waals surface area contributed by atoms with Crippen molar-refractivity contribution < 1.29 is 9.53 Å². The first kappa shape index (κ1) is 9.41. The van der Waals surface area contributed by atoms with Crippen LogP contribution in [0.3, 0.4) is 0 Å². The SMILES string of the molecule is CCc1ccc(C2(C=O)COC2)cc1. The first-order valence-corrected chi connectivity index (χ1v) is 4.94. The van der Waals surface area contributed by atoms with Crippen molar-refractivity contribution in [1.82, 2.24) is 0 Å². The molecule has 0 spiro atoms. The summed E-state index contributed by atoms with van der Waals surface area (Å²) >= 11 is 0. The third-order valence-electron chi connectivity index (χ3n) is 2.88. The van der Waals surface area contributed by atoms with E-state index in [-0.39, 0.29) is 5.41 Å². The molecular weight excluding hydrogens is 176 g/mol. The summed E-state index contributed by atoms with van der Waals surface area (Å²) in [6.45, 7) is 3.18. The van der Waals surface area contributed by atoms with Gasteiger partial charge in [0.1, 0.15) is 6.29 Å². The van der Waals surface area contributed by atoms with Crippen molar-refractivity contribution in [2.45, 2.75) is 18.8 Å². The van der Waals surface area contributed by atoms with Crippen LogP contribution < -0.4 is 0 Å². The highest BCUT2D eigenvalue weighted by Crippen LogP contribution is 2.30. The molecule has 0 amide bonds. The van der Waals surface area contributed by atoms with Crippen LogP contribution in [0.1, 0.15) is 18.1 Å². The molecule has 1 aliphatic rings. The first-order valence-electron chi connectivity index (χ1n) is 4.94. The van der Waals surface area contributed by atoms with Crippen molar-refractivity contribution in [1.29, 1.82) is 0 Å². The van der Waals surface area contributed by atoms with Crippen LogP contribution in [0.2, 0.25) is 0 Å². The molecule has 1 saturated heterocycles. The number of ether oxygens (including phenoxy) is 1. The number of hydrogen-bond donors (Lipinski definition) is 0. The van der Waals surface area contributed by atoms with Gasteiger partial charge < -0.3 is 9.53 Å². The predicted molar refractivity (Wildman–Crippen MR) is 54.4 cm³/mol. The van der Waals surface area contributed by atoms with Crippen molar-refractivity contribution in [3.63, 3.8) is 0 Å². The lowest BCUT2D eigenvalue weighted by Gasteiger charge is -2.36. The molecule has 1 fully saturated rings. The first-order chi connectivity index (χ1) is 6.80. The molecule has 2 rings (SSSR count). The van der Waals surface area contributed by atoms with E-state index < -0.39 is 0 Å². The molecule has 0 unspecified atom stereocenters. The Kier molecular flexibility index (Phi) is 2.38. The summed E-state index contributed by atoms with van der Waals surface area (Å²) in [5, 5.41) is 0. The van der Waals surface area contributed by atoms with Gasteiger partial charge in [-0.1, -0.05) is 31.2 Å². The Hall–Kier alpha value is -1.15. The van der Waals surface area contributed by atoms with Crippen LogP contribution in [0, 0.1) is 0 Å². The van der Waals surface area contributed by atoms with E-state index in [0.717, 1.165) is 18.3 Å². The van der Waals surface area contributed by atoms with Crippen LogP contribution >= 0.6 is 0 Å². The van der Waals surface area contributed by atoms with Gasteiger partial charge in [0.15, 0.2) is 0 Å². The summed E-state index contributed by atoms with van der Waals surface area (Å²) in [7, 11) is 0. The van der Waals surface area contributed by atoms with E-state index >= 15 is 0 Å². The van der Waals surface area contributed by atoms with Gasteiger partial charge in [0.25, 0.3) is 0 Å². The Morgan fingerprint density at radius 3 is 2.36 bits per heavy atom. The quantitative estimate of drug-likeness (QED) is 0.678. The van der Waals surface area contributed by atoms with Crippen molar-refractivity contribution in [3.05, 3.63) is 35.4 Å². The second kappa shape index (κ2) is 3.54. The number of carbonyl (C=O) groups excluding carboxylic acids is 1. The van der Waals surface area contributed by atoms with Crippen LogP contribution in [-0.4, -0.2) is 19.5 Å². The highest BCUT2D eigenvalue weighted by atomic mass is 16.5. The monoisotopic (exact) mass is 190 g/mol. The van der Waals surface area contributed by atoms with Crippen LogP contribution in [0.4, 0.5) is 0 Å². The third kappa shape index (κ3) is 1.36. The van der Waals surface area contributed by atoms with Gasteiger partial charge in [-0.2, -0.15) is 0 Å². The van der Waals surface area contributed by atoms with Gasteiger partial charge in [0.2, 0.25) is 0 Å². The highest BCUT2D eigenvalue weighted by Gasteiger charge is 2.40. The fourth-order valence-electron chi connectivity index (χ4n) is 1.70. The minimum atomic E-state index is -0.355. The van der Waals surface area contributed by atoms with Gasteiger partial charge in [0, 0.05) is 0 Å². The number of benzene rings is 1. The average molecular weight is 190 g/mol. The molecule has 0 saturated carbocycles. The van der Waals surface area contributed by atoms with Crippen molar-refractivity contribution in [2.75, 3.05) is 13.2 Å². The number of aryl methyl sites for hydroxylation is 1. The molecule has 1 aromatic carbocycles. The highest BCUT2D eigenvalue weighted by molar-refractivity contribution is 5.70. The van der Waals surface area contributed by atoms with E-state index in [0.29, 0.717) is 13.2 Å². The molecule has 0 N–H and O–H groups in total. The van der Waals surface area contributed by atoms with E-state index in [2.05, 4.69) is 19.1 Å². The van der Waals surface area contributed by atoms with Crippen LogP contribution in [0.5, 0.6) is 0 Å². The lowest BCUT2D eigenvalue weighted by molar-refractivity contribution is -0.129. The van der Waals surface area contributed by atoms with Crippen LogP contribution in [0.25, 0.3) is 0 Å². The molecule has 0 radical (unpaired) electrons. The molecule has 1 aliphatic heterocycles. The van der Waals surface area contributed by atoms with E-state index in [4.69, 9.17) is 4.74 Å². The summed E-state index contributed by atoms with van der Waals surface area (Å²) < 4.78 is 5.11. The molecule has 0 atom stereocenters. The van der Waals surface area contributed by atoms with Gasteiger partial charge in [-0.05, 0) is 17.5 Å². The summed E-state index contributed by atoms with van der Waals surface area (Å²) in [4.78, 5) is 11.0. The second-order valence-corrected chi connectivity index (χ2v) is 3.82. The normalized spacial score (nSPS) is 18.6. The lowest BCUT2D eigenvalue weighted by atomic mass is 9.80. The topological polar surface area (TPSA) is 26.3 Å². The Bertz CT molecular complexity index is 323. The van der Waals surface area contributed by atoms with Crippen molar-refractivity contribution in [2.24, 2.45) is 0 Å². The smallest absolute Gasteiger partial charge is 0.135 e. The fourth-order valence-corrected chi connectivity index (χ4v) is 1.70. The van der Waals surface area contributed by atoms with Gasteiger partial charge in [-0.25, -0.2) is 0 Å². The molecule has 14 heavy (non-hydrogen) atoms. The standard InChI is InChI=1S/C12H14O2/c1-2-10-3-5-11(6-4-10)12(7-13)8-14-9-12/h3-7H,2,8-9H2,1H3. The number of hydrogen-bond acceptors (Lipinski definition) is 2. The molecule has 0 bridgehead atoms. The minimum absolute atomic E-state index is 0.355. The fraction of sp³-hybridized carbons (Fsp3) is 0.417. The average Bonchev–Trinajstić information content (AvgIpc) is 2.18. The molecule has 1 aromatic rings. The number of rotatable bonds is 3. The molecule has 74 valence electrons. The number of carbonyl (C=O) groups is 1. The molecular formula is C12H14O2. The molecule has 0 aromatic heterocycles. The van der Waals surface area contributed by atoms with Gasteiger partial charge >= 0.3 is 0 Å². The van der Waals surface area contributed by atoms with E-state index in [1.807, 2.05) is 12.1 Å². The Morgan fingerprint density at radius 1 is 1.36 bits per heavy atom. The molecule has 0 aliphatic carbocycles. The van der Waals surface area contributed by atoms with E-state index in [1.165, 1.54) is 5.56 Å². The van der Waals surface area contributed by atoms with Crippen molar-refractivity contribution >= 4 is 6.29 Å². The maximum atomic E-state index is 11.0. The van der Waals surface area contributed by atoms with Gasteiger partial charge in [-0.15, -0.1) is 0 Å². The largest absolute Gasteiger partial charge is 0.379 e. The van der Waals surface area contributed by atoms with E-state index in [9.17, 15) is 4.79 Å². The summed E-state index contributed by atoms with van der Waals surface area (Å²) in [5.41, 5.74) is 2.03. The van der Waals surface area contributed by atoms with Gasteiger partial charge in [0.05, 0.1) is 18.6 Å². The second-order valence-electron chi connectivity index (χ2n) is 3.82. The predicted octanol–water partition coefficient (Wildman–Crippen LogP) is 1.72. The number of aldehydes is 1. The van der Waals surface area contributed by atoms with Crippen LogP contribution in [0.15, 0.2) is 24.3 Å². The Morgan fingerprint density at radius 2 is 2.00 bits per heavy atom. The zero-order valence-corrected chi connectivity index (χ0v) is 8.32. The summed E-state index contributed by atoms with van der Waals surface area (Å²) in [6, 6.07) is 8.24. The lowest BCUT2D eigenvalue weighted by Crippen LogP contribution is -2.48.